The van der Waals surface area contributed by atoms with E-state index in [1.807, 2.05) is 12.1 Å². The maximum Gasteiger partial charge on any atom is 0.122 e. The molecule has 106 valence electrons. The second kappa shape index (κ2) is 5.27. The summed E-state index contributed by atoms with van der Waals surface area (Å²) in [5, 5.41) is 10.7. The van der Waals surface area contributed by atoms with E-state index >= 15 is 0 Å². The third-order valence-electron chi connectivity index (χ3n) is 4.99. The van der Waals surface area contributed by atoms with Crippen molar-refractivity contribution in [3.05, 3.63) is 24.2 Å². The second-order valence-electron chi connectivity index (χ2n) is 6.06. The van der Waals surface area contributed by atoms with Crippen LogP contribution < -0.4 is 5.73 Å². The Morgan fingerprint density at radius 2 is 2.37 bits per heavy atom. The van der Waals surface area contributed by atoms with Crippen molar-refractivity contribution in [3.63, 3.8) is 0 Å². The summed E-state index contributed by atoms with van der Waals surface area (Å²) >= 11 is 0. The Bertz CT molecular complexity index is 406. The van der Waals surface area contributed by atoms with Crippen LogP contribution in [0.15, 0.2) is 22.8 Å². The van der Waals surface area contributed by atoms with E-state index in [0.717, 1.165) is 38.1 Å². The predicted molar refractivity (Wildman–Crippen MR) is 73.6 cm³/mol. The van der Waals surface area contributed by atoms with Crippen LogP contribution >= 0.6 is 0 Å². The monoisotopic (exact) mass is 264 g/mol. The first-order valence-corrected chi connectivity index (χ1v) is 7.43. The van der Waals surface area contributed by atoms with E-state index in [0.29, 0.717) is 12.5 Å². The van der Waals surface area contributed by atoms with Crippen molar-refractivity contribution >= 4 is 0 Å². The number of rotatable bonds is 3. The molecule has 4 heteroatoms. The van der Waals surface area contributed by atoms with Crippen LogP contribution in [0.3, 0.4) is 0 Å². The quantitative estimate of drug-likeness (QED) is 0.875. The van der Waals surface area contributed by atoms with Gasteiger partial charge < -0.3 is 15.3 Å². The molecule has 1 saturated carbocycles. The number of aliphatic hydroxyl groups is 1. The summed E-state index contributed by atoms with van der Waals surface area (Å²) in [4.78, 5) is 2.39. The van der Waals surface area contributed by atoms with E-state index in [9.17, 15) is 5.11 Å². The third kappa shape index (κ3) is 2.45. The van der Waals surface area contributed by atoms with Crippen molar-refractivity contribution in [2.24, 2.45) is 11.7 Å². The molecule has 0 spiro atoms. The Labute approximate surface area is 114 Å². The van der Waals surface area contributed by atoms with Crippen LogP contribution in [0.4, 0.5) is 0 Å². The van der Waals surface area contributed by atoms with Crippen LogP contribution in [0, 0.1) is 5.92 Å². The SMILES string of the molecule is NCC(c1ccco1)N1CCC2(O)CCCCC2C1. The smallest absolute Gasteiger partial charge is 0.122 e. The molecule has 2 heterocycles. The van der Waals surface area contributed by atoms with Gasteiger partial charge in [-0.05, 0) is 31.4 Å². The molecule has 1 saturated heterocycles. The van der Waals surface area contributed by atoms with Crippen LogP contribution in [-0.4, -0.2) is 35.2 Å². The van der Waals surface area contributed by atoms with Gasteiger partial charge in [0.2, 0.25) is 0 Å². The number of hydrogen-bond donors (Lipinski definition) is 2. The number of nitrogens with two attached hydrogens (primary N) is 1. The molecule has 3 unspecified atom stereocenters. The summed E-state index contributed by atoms with van der Waals surface area (Å²) in [5.41, 5.74) is 5.51. The van der Waals surface area contributed by atoms with Crippen molar-refractivity contribution in [3.8, 4) is 0 Å². The number of furan rings is 1. The van der Waals surface area contributed by atoms with Gasteiger partial charge in [-0.3, -0.25) is 4.90 Å². The molecular formula is C15H24N2O2. The molecule has 1 aromatic rings. The zero-order valence-electron chi connectivity index (χ0n) is 11.4. The Hall–Kier alpha value is -0.840. The lowest BCUT2D eigenvalue weighted by molar-refractivity contribution is -0.103. The van der Waals surface area contributed by atoms with Gasteiger partial charge in [-0.2, -0.15) is 0 Å². The highest BCUT2D eigenvalue weighted by Gasteiger charge is 2.44. The number of nitrogens with zero attached hydrogens (tertiary/aromatic N) is 1. The number of likely N-dealkylation sites (tertiary alicyclic amines) is 1. The highest BCUT2D eigenvalue weighted by molar-refractivity contribution is 5.07. The summed E-state index contributed by atoms with van der Waals surface area (Å²) in [6.07, 6.45) is 7.11. The molecule has 0 aromatic carbocycles. The van der Waals surface area contributed by atoms with Crippen LogP contribution in [-0.2, 0) is 0 Å². The topological polar surface area (TPSA) is 62.6 Å². The zero-order chi connectivity index (χ0) is 13.3. The summed E-state index contributed by atoms with van der Waals surface area (Å²) in [6, 6.07) is 4.07. The van der Waals surface area contributed by atoms with Crippen LogP contribution in [0.25, 0.3) is 0 Å². The molecule has 2 fully saturated rings. The lowest BCUT2D eigenvalue weighted by Crippen LogP contribution is -2.54. The fourth-order valence-electron chi connectivity index (χ4n) is 3.81. The molecule has 2 aliphatic rings. The minimum Gasteiger partial charge on any atom is -0.468 e. The average Bonchev–Trinajstić information content (AvgIpc) is 2.93. The standard InChI is InChI=1S/C15H24N2O2/c16-10-13(14-5-3-9-19-14)17-8-7-15(18)6-2-1-4-12(15)11-17/h3,5,9,12-13,18H,1-2,4,6-8,10-11,16H2. The maximum absolute atomic E-state index is 10.7. The molecule has 3 rings (SSSR count). The average molecular weight is 264 g/mol. The minimum atomic E-state index is -0.420. The van der Waals surface area contributed by atoms with Crippen molar-refractivity contribution in [1.82, 2.24) is 4.90 Å². The summed E-state index contributed by atoms with van der Waals surface area (Å²) in [5.74, 6) is 1.35. The highest BCUT2D eigenvalue weighted by Crippen LogP contribution is 2.41. The van der Waals surface area contributed by atoms with Gasteiger partial charge in [-0.25, -0.2) is 0 Å². The Kier molecular flexibility index (Phi) is 3.65. The fraction of sp³-hybridized carbons (Fsp3) is 0.733. The van der Waals surface area contributed by atoms with E-state index < -0.39 is 5.60 Å². The van der Waals surface area contributed by atoms with Gasteiger partial charge in [0.1, 0.15) is 5.76 Å². The summed E-state index contributed by atoms with van der Waals surface area (Å²) < 4.78 is 5.52. The first-order valence-electron chi connectivity index (χ1n) is 7.43. The number of piperidine rings is 1. The predicted octanol–water partition coefficient (Wildman–Crippen LogP) is 1.91. The van der Waals surface area contributed by atoms with E-state index in [2.05, 4.69) is 4.90 Å². The minimum absolute atomic E-state index is 0.154. The van der Waals surface area contributed by atoms with Gasteiger partial charge in [0.25, 0.3) is 0 Å². The molecule has 0 amide bonds. The van der Waals surface area contributed by atoms with Crippen LogP contribution in [0.5, 0.6) is 0 Å². The van der Waals surface area contributed by atoms with E-state index in [1.54, 1.807) is 6.26 Å². The zero-order valence-corrected chi connectivity index (χ0v) is 11.4. The molecule has 3 N–H and O–H groups in total. The second-order valence-corrected chi connectivity index (χ2v) is 6.06. The summed E-state index contributed by atoms with van der Waals surface area (Å²) in [7, 11) is 0. The van der Waals surface area contributed by atoms with Gasteiger partial charge in [0.05, 0.1) is 17.9 Å². The highest BCUT2D eigenvalue weighted by atomic mass is 16.3. The molecule has 3 atom stereocenters. The van der Waals surface area contributed by atoms with Gasteiger partial charge >= 0.3 is 0 Å². The Morgan fingerprint density at radius 3 is 3.11 bits per heavy atom. The number of fused-ring (bicyclic) bond motifs is 1. The molecule has 1 aromatic heterocycles. The van der Waals surface area contributed by atoms with Gasteiger partial charge in [-0.1, -0.05) is 12.8 Å². The fourth-order valence-corrected chi connectivity index (χ4v) is 3.81. The Morgan fingerprint density at radius 1 is 1.47 bits per heavy atom. The Balaban J connectivity index is 1.73. The molecule has 19 heavy (non-hydrogen) atoms. The largest absolute Gasteiger partial charge is 0.468 e. The molecule has 4 nitrogen and oxygen atoms in total. The number of hydrogen-bond acceptors (Lipinski definition) is 4. The molecule has 1 aliphatic heterocycles. The molecule has 1 aliphatic carbocycles. The maximum atomic E-state index is 10.7. The normalized spacial score (nSPS) is 33.9. The van der Waals surface area contributed by atoms with Crippen LogP contribution in [0.2, 0.25) is 0 Å². The van der Waals surface area contributed by atoms with Gasteiger partial charge in [0.15, 0.2) is 0 Å². The third-order valence-corrected chi connectivity index (χ3v) is 4.99. The molecule has 0 bridgehead atoms. The lowest BCUT2D eigenvalue weighted by Gasteiger charge is -2.49. The molecule has 0 radical (unpaired) electrons. The van der Waals surface area contributed by atoms with Crippen molar-refractivity contribution < 1.29 is 9.52 Å². The first kappa shape index (κ1) is 13.2. The first-order chi connectivity index (χ1) is 9.23. The van der Waals surface area contributed by atoms with Crippen molar-refractivity contribution in [2.45, 2.75) is 43.7 Å². The van der Waals surface area contributed by atoms with Gasteiger partial charge in [-0.15, -0.1) is 0 Å². The van der Waals surface area contributed by atoms with E-state index in [-0.39, 0.29) is 6.04 Å². The molecular weight excluding hydrogens is 240 g/mol. The van der Waals surface area contributed by atoms with Crippen molar-refractivity contribution in [1.29, 1.82) is 0 Å². The van der Waals surface area contributed by atoms with Gasteiger partial charge in [0, 0.05) is 25.6 Å². The van der Waals surface area contributed by atoms with Crippen molar-refractivity contribution in [2.75, 3.05) is 19.6 Å². The van der Waals surface area contributed by atoms with Crippen LogP contribution in [0.1, 0.15) is 43.9 Å². The van der Waals surface area contributed by atoms with E-state index in [4.69, 9.17) is 10.2 Å². The summed E-state index contributed by atoms with van der Waals surface area (Å²) in [6.45, 7) is 2.42. The van der Waals surface area contributed by atoms with E-state index in [1.165, 1.54) is 12.8 Å². The lowest BCUT2D eigenvalue weighted by atomic mass is 9.71.